The van der Waals surface area contributed by atoms with E-state index in [0.29, 0.717) is 6.42 Å². The standard InChI is InChI=1S/C15H22N2O/c1-2-13-7-3-4-8-14(13)16-10-9-15(18)17-11-5-6-12-17/h3-4,7-8,16H,2,5-6,9-12H2,1H3. The number of nitrogens with zero attached hydrogens (tertiary/aromatic N) is 1. The van der Waals surface area contributed by atoms with E-state index in [1.165, 1.54) is 5.56 Å². The highest BCUT2D eigenvalue weighted by molar-refractivity contribution is 5.77. The van der Waals surface area contributed by atoms with Crippen LogP contribution in [-0.4, -0.2) is 30.4 Å². The van der Waals surface area contributed by atoms with Gasteiger partial charge in [0.15, 0.2) is 0 Å². The molecule has 2 rings (SSSR count). The van der Waals surface area contributed by atoms with Gasteiger partial charge in [-0.2, -0.15) is 0 Å². The van der Waals surface area contributed by atoms with E-state index in [1.54, 1.807) is 0 Å². The Morgan fingerprint density at radius 2 is 2.00 bits per heavy atom. The lowest BCUT2D eigenvalue weighted by Gasteiger charge is -2.16. The summed E-state index contributed by atoms with van der Waals surface area (Å²) >= 11 is 0. The van der Waals surface area contributed by atoms with Crippen molar-refractivity contribution in [2.75, 3.05) is 25.0 Å². The second kappa shape index (κ2) is 6.43. The molecule has 1 fully saturated rings. The van der Waals surface area contributed by atoms with Crippen LogP contribution in [0.15, 0.2) is 24.3 Å². The fourth-order valence-electron chi connectivity index (χ4n) is 2.43. The summed E-state index contributed by atoms with van der Waals surface area (Å²) in [6.45, 7) is 4.77. The molecule has 0 atom stereocenters. The van der Waals surface area contributed by atoms with Crippen LogP contribution >= 0.6 is 0 Å². The van der Waals surface area contributed by atoms with Crippen molar-refractivity contribution < 1.29 is 4.79 Å². The maximum Gasteiger partial charge on any atom is 0.224 e. The van der Waals surface area contributed by atoms with Gasteiger partial charge in [0.05, 0.1) is 0 Å². The Hall–Kier alpha value is -1.51. The molecular weight excluding hydrogens is 224 g/mol. The first-order valence-corrected chi connectivity index (χ1v) is 6.91. The van der Waals surface area contributed by atoms with Gasteiger partial charge in [-0.15, -0.1) is 0 Å². The molecule has 0 aliphatic carbocycles. The Balaban J connectivity index is 1.79. The molecule has 1 aliphatic rings. The third-order valence-corrected chi connectivity index (χ3v) is 3.51. The predicted molar refractivity (Wildman–Crippen MR) is 74.7 cm³/mol. The first kappa shape index (κ1) is 12.9. The Bertz CT molecular complexity index is 397. The van der Waals surface area contributed by atoms with E-state index in [1.807, 2.05) is 11.0 Å². The Kier molecular flexibility index (Phi) is 4.62. The van der Waals surface area contributed by atoms with Crippen LogP contribution in [0.1, 0.15) is 31.7 Å². The Morgan fingerprint density at radius 1 is 1.28 bits per heavy atom. The van der Waals surface area contributed by atoms with Gasteiger partial charge in [-0.25, -0.2) is 0 Å². The zero-order valence-corrected chi connectivity index (χ0v) is 11.1. The lowest BCUT2D eigenvalue weighted by molar-refractivity contribution is -0.129. The number of likely N-dealkylation sites (tertiary alicyclic amines) is 1. The number of aryl methyl sites for hydroxylation is 1. The van der Waals surface area contributed by atoms with Crippen molar-refractivity contribution in [3.05, 3.63) is 29.8 Å². The quantitative estimate of drug-likeness (QED) is 0.866. The summed E-state index contributed by atoms with van der Waals surface area (Å²) in [5.41, 5.74) is 2.47. The highest BCUT2D eigenvalue weighted by Crippen LogP contribution is 2.15. The van der Waals surface area contributed by atoms with Crippen LogP contribution in [0.5, 0.6) is 0 Å². The fourth-order valence-corrected chi connectivity index (χ4v) is 2.43. The van der Waals surface area contributed by atoms with Gasteiger partial charge in [-0.1, -0.05) is 25.1 Å². The molecule has 0 unspecified atom stereocenters. The predicted octanol–water partition coefficient (Wildman–Crippen LogP) is 2.67. The van der Waals surface area contributed by atoms with Crippen LogP contribution in [0, 0.1) is 0 Å². The van der Waals surface area contributed by atoms with E-state index in [0.717, 1.165) is 44.6 Å². The largest absolute Gasteiger partial charge is 0.384 e. The van der Waals surface area contributed by atoms with Crippen LogP contribution in [-0.2, 0) is 11.2 Å². The van der Waals surface area contributed by atoms with Crippen LogP contribution in [0.3, 0.4) is 0 Å². The molecule has 3 nitrogen and oxygen atoms in total. The zero-order chi connectivity index (χ0) is 12.8. The van der Waals surface area contributed by atoms with Gasteiger partial charge in [-0.05, 0) is 30.9 Å². The van der Waals surface area contributed by atoms with Gasteiger partial charge in [0.2, 0.25) is 5.91 Å². The summed E-state index contributed by atoms with van der Waals surface area (Å²) in [6, 6.07) is 8.30. The van der Waals surface area contributed by atoms with Gasteiger partial charge < -0.3 is 10.2 Å². The number of carbonyl (C=O) groups excluding carboxylic acids is 1. The van der Waals surface area contributed by atoms with E-state index in [9.17, 15) is 4.79 Å². The number of hydrogen-bond acceptors (Lipinski definition) is 2. The first-order chi connectivity index (χ1) is 8.81. The summed E-state index contributed by atoms with van der Waals surface area (Å²) in [4.78, 5) is 13.9. The molecule has 0 saturated carbocycles. The normalized spacial score (nSPS) is 14.8. The van der Waals surface area contributed by atoms with Crippen LogP contribution in [0.4, 0.5) is 5.69 Å². The first-order valence-electron chi connectivity index (χ1n) is 6.91. The molecule has 1 aliphatic heterocycles. The number of rotatable bonds is 5. The van der Waals surface area contributed by atoms with E-state index in [4.69, 9.17) is 0 Å². The zero-order valence-electron chi connectivity index (χ0n) is 11.1. The van der Waals surface area contributed by atoms with E-state index < -0.39 is 0 Å². The van der Waals surface area contributed by atoms with Crippen molar-refractivity contribution in [2.45, 2.75) is 32.6 Å². The van der Waals surface area contributed by atoms with Gasteiger partial charge in [0.1, 0.15) is 0 Å². The van der Waals surface area contributed by atoms with Gasteiger partial charge in [0, 0.05) is 31.7 Å². The van der Waals surface area contributed by atoms with E-state index >= 15 is 0 Å². The Morgan fingerprint density at radius 3 is 2.72 bits per heavy atom. The van der Waals surface area contributed by atoms with Crippen LogP contribution in [0.25, 0.3) is 0 Å². The third kappa shape index (κ3) is 3.25. The summed E-state index contributed by atoms with van der Waals surface area (Å²) in [5, 5.41) is 3.37. The molecule has 1 saturated heterocycles. The van der Waals surface area contributed by atoms with E-state index in [2.05, 4.69) is 30.4 Å². The van der Waals surface area contributed by atoms with Crippen molar-refractivity contribution in [3.8, 4) is 0 Å². The molecule has 1 amide bonds. The molecule has 1 aromatic rings. The molecule has 0 spiro atoms. The number of carbonyl (C=O) groups is 1. The molecule has 3 heteroatoms. The number of hydrogen-bond donors (Lipinski definition) is 1. The Labute approximate surface area is 109 Å². The molecule has 0 bridgehead atoms. The maximum absolute atomic E-state index is 11.9. The van der Waals surface area contributed by atoms with Crippen molar-refractivity contribution in [2.24, 2.45) is 0 Å². The molecular formula is C15H22N2O. The third-order valence-electron chi connectivity index (χ3n) is 3.51. The van der Waals surface area contributed by atoms with Crippen LogP contribution in [0.2, 0.25) is 0 Å². The molecule has 1 aromatic carbocycles. The summed E-state index contributed by atoms with van der Waals surface area (Å²) in [7, 11) is 0. The summed E-state index contributed by atoms with van der Waals surface area (Å²) in [5.74, 6) is 0.286. The average Bonchev–Trinajstić information content (AvgIpc) is 2.93. The number of para-hydroxylation sites is 1. The molecule has 0 aromatic heterocycles. The highest BCUT2D eigenvalue weighted by atomic mass is 16.2. The van der Waals surface area contributed by atoms with Gasteiger partial charge in [-0.3, -0.25) is 4.79 Å². The van der Waals surface area contributed by atoms with Gasteiger partial charge in [0.25, 0.3) is 0 Å². The van der Waals surface area contributed by atoms with Crippen molar-refractivity contribution >= 4 is 11.6 Å². The number of nitrogens with one attached hydrogen (secondary N) is 1. The number of anilines is 1. The van der Waals surface area contributed by atoms with Gasteiger partial charge >= 0.3 is 0 Å². The summed E-state index contributed by atoms with van der Waals surface area (Å²) in [6.07, 6.45) is 3.94. The minimum absolute atomic E-state index is 0.286. The number of amides is 1. The van der Waals surface area contributed by atoms with Crippen molar-refractivity contribution in [1.29, 1.82) is 0 Å². The lowest BCUT2D eigenvalue weighted by atomic mass is 10.1. The summed E-state index contributed by atoms with van der Waals surface area (Å²) < 4.78 is 0. The average molecular weight is 246 g/mol. The second-order valence-corrected chi connectivity index (χ2v) is 4.78. The van der Waals surface area contributed by atoms with Crippen molar-refractivity contribution in [3.63, 3.8) is 0 Å². The smallest absolute Gasteiger partial charge is 0.224 e. The van der Waals surface area contributed by atoms with E-state index in [-0.39, 0.29) is 5.91 Å². The molecule has 98 valence electrons. The highest BCUT2D eigenvalue weighted by Gasteiger charge is 2.16. The monoisotopic (exact) mass is 246 g/mol. The molecule has 1 N–H and O–H groups in total. The SMILES string of the molecule is CCc1ccccc1NCCC(=O)N1CCCC1. The van der Waals surface area contributed by atoms with Crippen LogP contribution < -0.4 is 5.32 Å². The minimum Gasteiger partial charge on any atom is -0.384 e. The lowest BCUT2D eigenvalue weighted by Crippen LogP contribution is -2.29. The maximum atomic E-state index is 11.9. The second-order valence-electron chi connectivity index (χ2n) is 4.78. The fraction of sp³-hybridized carbons (Fsp3) is 0.533. The topological polar surface area (TPSA) is 32.3 Å². The minimum atomic E-state index is 0.286. The number of benzene rings is 1. The molecule has 1 heterocycles. The molecule has 0 radical (unpaired) electrons. The van der Waals surface area contributed by atoms with Crippen molar-refractivity contribution in [1.82, 2.24) is 4.90 Å². The molecule has 18 heavy (non-hydrogen) atoms.